The summed E-state index contributed by atoms with van der Waals surface area (Å²) in [5.74, 6) is 0. The molecule has 0 spiro atoms. The second-order valence-corrected chi connectivity index (χ2v) is 5.26. The number of halogens is 3. The Bertz CT molecular complexity index is 377. The summed E-state index contributed by atoms with van der Waals surface area (Å²) >= 11 is 17.3. The van der Waals surface area contributed by atoms with Gasteiger partial charge in [0, 0.05) is 15.1 Å². The van der Waals surface area contributed by atoms with Gasteiger partial charge in [-0.05, 0) is 6.04 Å². The van der Waals surface area contributed by atoms with E-state index in [4.69, 9.17) is 34.8 Å². The SMILES string of the molecule is C[SiH2]Cc1c(Cl)c(Cl)c(Cl)[nH]c1=O. The van der Waals surface area contributed by atoms with Crippen LogP contribution in [0.1, 0.15) is 5.56 Å². The van der Waals surface area contributed by atoms with E-state index < -0.39 is 0 Å². The molecule has 0 bridgehead atoms. The summed E-state index contributed by atoms with van der Waals surface area (Å²) in [6.45, 7) is 2.10. The van der Waals surface area contributed by atoms with Crippen molar-refractivity contribution in [1.29, 1.82) is 0 Å². The average Bonchev–Trinajstić information content (AvgIpc) is 2.09. The Morgan fingerprint density at radius 3 is 2.46 bits per heavy atom. The summed E-state index contributed by atoms with van der Waals surface area (Å²) in [4.78, 5) is 13.8. The molecule has 0 amide bonds. The number of hydrogen-bond donors (Lipinski definition) is 1. The summed E-state index contributed by atoms with van der Waals surface area (Å²) in [5, 5.41) is 0.642. The molecule has 1 N–H and O–H groups in total. The molecule has 0 aromatic carbocycles. The van der Waals surface area contributed by atoms with E-state index in [9.17, 15) is 4.79 Å². The van der Waals surface area contributed by atoms with E-state index in [0.717, 1.165) is 6.04 Å². The fourth-order valence-electron chi connectivity index (χ4n) is 1.03. The van der Waals surface area contributed by atoms with Crippen LogP contribution in [0.5, 0.6) is 0 Å². The Balaban J connectivity index is 3.35. The quantitative estimate of drug-likeness (QED) is 0.638. The van der Waals surface area contributed by atoms with Crippen LogP contribution in [0.25, 0.3) is 0 Å². The summed E-state index contributed by atoms with van der Waals surface area (Å²) in [6, 6.07) is 0.741. The number of hydrogen-bond acceptors (Lipinski definition) is 1. The van der Waals surface area contributed by atoms with E-state index in [-0.39, 0.29) is 25.3 Å². The van der Waals surface area contributed by atoms with Crippen molar-refractivity contribution in [3.63, 3.8) is 0 Å². The number of pyridine rings is 1. The lowest BCUT2D eigenvalue weighted by molar-refractivity contribution is 1.16. The summed E-state index contributed by atoms with van der Waals surface area (Å²) in [5.41, 5.74) is 0.332. The Hall–Kier alpha value is 0.0369. The van der Waals surface area contributed by atoms with E-state index in [1.165, 1.54) is 0 Å². The van der Waals surface area contributed by atoms with Crippen LogP contribution in [0.3, 0.4) is 0 Å². The molecule has 0 saturated heterocycles. The predicted octanol–water partition coefficient (Wildman–Crippen LogP) is 2.05. The van der Waals surface area contributed by atoms with Gasteiger partial charge in [-0.2, -0.15) is 0 Å². The molecule has 13 heavy (non-hydrogen) atoms. The van der Waals surface area contributed by atoms with Gasteiger partial charge in [0.15, 0.2) is 0 Å². The van der Waals surface area contributed by atoms with Gasteiger partial charge < -0.3 is 4.98 Å². The molecule has 0 radical (unpaired) electrons. The van der Waals surface area contributed by atoms with Crippen LogP contribution in [-0.4, -0.2) is 14.5 Å². The largest absolute Gasteiger partial charge is 0.311 e. The first-order valence-electron chi connectivity index (χ1n) is 3.83. The molecule has 0 atom stereocenters. The zero-order chi connectivity index (χ0) is 10.0. The smallest absolute Gasteiger partial charge is 0.253 e. The highest BCUT2D eigenvalue weighted by atomic mass is 35.5. The third kappa shape index (κ3) is 2.28. The van der Waals surface area contributed by atoms with Crippen molar-refractivity contribution in [1.82, 2.24) is 4.98 Å². The van der Waals surface area contributed by atoms with Crippen molar-refractivity contribution < 1.29 is 0 Å². The van der Waals surface area contributed by atoms with Crippen LogP contribution < -0.4 is 5.56 Å². The standard InChI is InChI=1S/C7H8Cl3NOSi/c1-13-2-3-4(8)5(9)6(10)11-7(3)12/h2,13H2,1H3,(H,11,12). The van der Waals surface area contributed by atoms with E-state index in [1.807, 2.05) is 0 Å². The van der Waals surface area contributed by atoms with Gasteiger partial charge in [0.2, 0.25) is 0 Å². The average molecular weight is 257 g/mol. The first-order chi connectivity index (χ1) is 6.07. The van der Waals surface area contributed by atoms with E-state index in [2.05, 4.69) is 11.5 Å². The summed E-state index contributed by atoms with van der Waals surface area (Å²) in [6.07, 6.45) is 0. The summed E-state index contributed by atoms with van der Waals surface area (Å²) in [7, 11) is -0.262. The van der Waals surface area contributed by atoms with Gasteiger partial charge in [0.1, 0.15) is 5.15 Å². The normalized spacial score (nSPS) is 11.4. The molecule has 0 saturated carbocycles. The number of H-pyrrole nitrogens is 1. The molecule has 6 heteroatoms. The maximum absolute atomic E-state index is 11.3. The monoisotopic (exact) mass is 255 g/mol. The van der Waals surface area contributed by atoms with Gasteiger partial charge in [-0.25, -0.2) is 0 Å². The van der Waals surface area contributed by atoms with Crippen LogP contribution in [0.15, 0.2) is 4.79 Å². The third-order valence-corrected chi connectivity index (χ3v) is 3.92. The second-order valence-electron chi connectivity index (χ2n) is 2.62. The van der Waals surface area contributed by atoms with Crippen molar-refractivity contribution in [2.24, 2.45) is 0 Å². The molecular formula is C7H8Cl3NOSi. The van der Waals surface area contributed by atoms with Gasteiger partial charge in [-0.15, -0.1) is 0 Å². The highest BCUT2D eigenvalue weighted by Gasteiger charge is 2.12. The van der Waals surface area contributed by atoms with Gasteiger partial charge in [-0.3, -0.25) is 4.79 Å². The lowest BCUT2D eigenvalue weighted by Crippen LogP contribution is -2.15. The molecule has 1 rings (SSSR count). The first kappa shape index (κ1) is 11.1. The molecule has 1 aromatic rings. The molecule has 0 fully saturated rings. The third-order valence-electron chi connectivity index (χ3n) is 1.65. The predicted molar refractivity (Wildman–Crippen MR) is 60.2 cm³/mol. The van der Waals surface area contributed by atoms with E-state index in [1.54, 1.807) is 0 Å². The van der Waals surface area contributed by atoms with Crippen molar-refractivity contribution >= 4 is 44.3 Å². The summed E-state index contributed by atoms with van der Waals surface area (Å²) < 4.78 is 0. The van der Waals surface area contributed by atoms with Gasteiger partial charge in [0.05, 0.1) is 10.0 Å². The number of nitrogens with one attached hydrogen (secondary N) is 1. The molecule has 0 aliphatic carbocycles. The van der Waals surface area contributed by atoms with Crippen molar-refractivity contribution in [2.75, 3.05) is 0 Å². The molecule has 72 valence electrons. The number of aromatic amines is 1. The minimum atomic E-state index is -0.262. The Labute approximate surface area is 93.0 Å². The molecule has 0 aliphatic heterocycles. The molecule has 1 aromatic heterocycles. The lowest BCUT2D eigenvalue weighted by atomic mass is 10.3. The maximum atomic E-state index is 11.3. The first-order valence-corrected chi connectivity index (χ1v) is 7.38. The van der Waals surface area contributed by atoms with Gasteiger partial charge >= 0.3 is 0 Å². The van der Waals surface area contributed by atoms with Crippen LogP contribution in [0, 0.1) is 0 Å². The molecular weight excluding hydrogens is 249 g/mol. The topological polar surface area (TPSA) is 32.9 Å². The maximum Gasteiger partial charge on any atom is 0.253 e. The number of rotatable bonds is 2. The zero-order valence-corrected chi connectivity index (χ0v) is 10.6. The second kappa shape index (κ2) is 4.51. The molecule has 1 heterocycles. The fourth-order valence-corrected chi connectivity index (χ4v) is 2.83. The highest BCUT2D eigenvalue weighted by molar-refractivity contribution is 6.48. The van der Waals surface area contributed by atoms with Crippen LogP contribution >= 0.6 is 34.8 Å². The van der Waals surface area contributed by atoms with Crippen LogP contribution in [-0.2, 0) is 6.04 Å². The van der Waals surface area contributed by atoms with E-state index in [0.29, 0.717) is 10.6 Å². The van der Waals surface area contributed by atoms with Crippen molar-refractivity contribution in [2.45, 2.75) is 12.6 Å². The minimum Gasteiger partial charge on any atom is -0.311 e. The molecule has 2 nitrogen and oxygen atoms in total. The zero-order valence-electron chi connectivity index (χ0n) is 6.96. The number of aromatic nitrogens is 1. The Kier molecular flexibility index (Phi) is 3.85. The Morgan fingerprint density at radius 2 is 1.92 bits per heavy atom. The fraction of sp³-hybridized carbons (Fsp3) is 0.286. The Morgan fingerprint density at radius 1 is 1.31 bits per heavy atom. The highest BCUT2D eigenvalue weighted by Crippen LogP contribution is 2.28. The molecule has 0 aliphatic rings. The van der Waals surface area contributed by atoms with Gasteiger partial charge in [0.25, 0.3) is 5.56 Å². The van der Waals surface area contributed by atoms with Crippen molar-refractivity contribution in [3.8, 4) is 0 Å². The van der Waals surface area contributed by atoms with Crippen molar-refractivity contribution in [3.05, 3.63) is 31.1 Å². The lowest BCUT2D eigenvalue weighted by Gasteiger charge is -2.04. The van der Waals surface area contributed by atoms with Crippen LogP contribution in [0.2, 0.25) is 21.7 Å². The molecule has 0 unspecified atom stereocenters. The van der Waals surface area contributed by atoms with Crippen LogP contribution in [0.4, 0.5) is 0 Å². The minimum absolute atomic E-state index is 0.109. The van der Waals surface area contributed by atoms with Gasteiger partial charge in [-0.1, -0.05) is 41.3 Å². The van der Waals surface area contributed by atoms with E-state index >= 15 is 0 Å².